The van der Waals surface area contributed by atoms with Crippen molar-refractivity contribution in [2.45, 2.75) is 50.7 Å². The number of methoxy groups -OCH3 is 1. The minimum Gasteiger partial charge on any atom is -0.496 e. The van der Waals surface area contributed by atoms with Crippen molar-refractivity contribution in [2.24, 2.45) is 0 Å². The molecule has 2 aromatic carbocycles. The maximum atomic E-state index is 8.80. The summed E-state index contributed by atoms with van der Waals surface area (Å²) >= 11 is 0. The van der Waals surface area contributed by atoms with Crippen LogP contribution in [0.25, 0.3) is 0 Å². The normalized spacial score (nSPS) is 19.0. The molecule has 1 heterocycles. The molecule has 0 aliphatic carbocycles. The second-order valence-electron chi connectivity index (χ2n) is 7.99. The Hall–Kier alpha value is -2.79. The summed E-state index contributed by atoms with van der Waals surface area (Å²) < 4.78 is 5.60. The highest BCUT2D eigenvalue weighted by Gasteiger charge is 2.26. The third kappa shape index (κ3) is 5.18. The predicted molar refractivity (Wildman–Crippen MR) is 116 cm³/mol. The summed E-state index contributed by atoms with van der Waals surface area (Å²) in [5.41, 5.74) is 3.11. The minimum atomic E-state index is -0.393. The van der Waals surface area contributed by atoms with Crippen LogP contribution in [0.2, 0.25) is 0 Å². The first-order valence-electron chi connectivity index (χ1n) is 10.2. The lowest BCUT2D eigenvalue weighted by Gasteiger charge is -2.34. The van der Waals surface area contributed by atoms with E-state index in [4.69, 9.17) is 10.00 Å². The van der Waals surface area contributed by atoms with Gasteiger partial charge in [-0.1, -0.05) is 42.3 Å². The summed E-state index contributed by atoms with van der Waals surface area (Å²) in [6.07, 6.45) is 2.29. The van der Waals surface area contributed by atoms with E-state index in [2.05, 4.69) is 58.9 Å². The molecule has 3 rings (SSSR count). The van der Waals surface area contributed by atoms with Gasteiger partial charge in [-0.25, -0.2) is 0 Å². The van der Waals surface area contributed by atoms with Crippen molar-refractivity contribution in [3.05, 3.63) is 65.2 Å². The zero-order chi connectivity index (χ0) is 20.7. The first kappa shape index (κ1) is 20.9. The van der Waals surface area contributed by atoms with E-state index < -0.39 is 5.41 Å². The lowest BCUT2D eigenvalue weighted by molar-refractivity contribution is 0.302. The van der Waals surface area contributed by atoms with Crippen LogP contribution in [0, 0.1) is 23.2 Å². The van der Waals surface area contributed by atoms with Crippen LogP contribution in [0.1, 0.15) is 49.4 Å². The van der Waals surface area contributed by atoms with Crippen LogP contribution in [0.3, 0.4) is 0 Å². The Kier molecular flexibility index (Phi) is 6.94. The number of nitriles is 1. The summed E-state index contributed by atoms with van der Waals surface area (Å²) in [5, 5.41) is 16.2. The Labute approximate surface area is 174 Å². The van der Waals surface area contributed by atoms with Crippen molar-refractivity contribution in [1.82, 2.24) is 10.6 Å². The van der Waals surface area contributed by atoms with Crippen LogP contribution >= 0.6 is 0 Å². The molecule has 0 spiro atoms. The number of ether oxygens (including phenoxy) is 1. The number of benzene rings is 2. The molecule has 2 aromatic rings. The van der Waals surface area contributed by atoms with Crippen molar-refractivity contribution < 1.29 is 4.74 Å². The van der Waals surface area contributed by atoms with Gasteiger partial charge in [-0.05, 0) is 56.5 Å². The molecule has 0 amide bonds. The van der Waals surface area contributed by atoms with Gasteiger partial charge in [0, 0.05) is 30.1 Å². The molecule has 0 saturated carbocycles. The maximum absolute atomic E-state index is 8.80. The van der Waals surface area contributed by atoms with E-state index in [-0.39, 0.29) is 0 Å². The molecule has 29 heavy (non-hydrogen) atoms. The molecule has 2 N–H and O–H groups in total. The lowest BCUT2D eigenvalue weighted by atomic mass is 9.84. The molecule has 0 bridgehead atoms. The largest absolute Gasteiger partial charge is 0.496 e. The van der Waals surface area contributed by atoms with E-state index >= 15 is 0 Å². The molecule has 0 radical (unpaired) electrons. The van der Waals surface area contributed by atoms with Crippen LogP contribution in [-0.4, -0.2) is 19.7 Å². The van der Waals surface area contributed by atoms with Gasteiger partial charge in [-0.15, -0.1) is 0 Å². The van der Waals surface area contributed by atoms with E-state index in [0.717, 1.165) is 36.3 Å². The summed E-state index contributed by atoms with van der Waals surface area (Å²) in [6.45, 7) is 5.83. The quantitative estimate of drug-likeness (QED) is 0.733. The summed E-state index contributed by atoms with van der Waals surface area (Å²) in [7, 11) is 1.70. The Morgan fingerprint density at radius 3 is 2.72 bits per heavy atom. The van der Waals surface area contributed by atoms with Crippen LogP contribution < -0.4 is 15.4 Å². The monoisotopic (exact) mass is 387 g/mol. The topological polar surface area (TPSA) is 57.1 Å². The molecule has 1 saturated heterocycles. The molecule has 1 aliphatic heterocycles. The highest BCUT2D eigenvalue weighted by atomic mass is 16.5. The molecule has 4 heteroatoms. The number of hydrogen-bond donors (Lipinski definition) is 2. The van der Waals surface area contributed by atoms with E-state index in [0.29, 0.717) is 18.6 Å². The van der Waals surface area contributed by atoms with Gasteiger partial charge in [0.25, 0.3) is 0 Å². The van der Waals surface area contributed by atoms with Gasteiger partial charge in [0.15, 0.2) is 6.07 Å². The van der Waals surface area contributed by atoms with Crippen molar-refractivity contribution in [2.75, 3.05) is 13.7 Å². The molecule has 4 nitrogen and oxygen atoms in total. The molecule has 0 unspecified atom stereocenters. The first-order chi connectivity index (χ1) is 14.0. The highest BCUT2D eigenvalue weighted by Crippen LogP contribution is 2.29. The van der Waals surface area contributed by atoms with Crippen LogP contribution in [0.15, 0.2) is 48.5 Å². The fourth-order valence-electron chi connectivity index (χ4n) is 3.92. The van der Waals surface area contributed by atoms with Gasteiger partial charge in [0.05, 0.1) is 12.5 Å². The second kappa shape index (κ2) is 9.61. The minimum absolute atomic E-state index is 0.303. The molecule has 2 atom stereocenters. The standard InChI is InChI=1S/C25H29N3O/c1-25(2,14-8-15-26)21-12-13-23(29-3)20(17-21)18-28-22-11-7-16-27-24(22)19-9-5-4-6-10-19/h4-6,9-10,12-13,17,22,24,27-28H,7,11,16,18H2,1-3H3/t22-,24-/m0/s1. The summed E-state index contributed by atoms with van der Waals surface area (Å²) in [4.78, 5) is 0. The van der Waals surface area contributed by atoms with E-state index in [1.54, 1.807) is 7.11 Å². The van der Waals surface area contributed by atoms with Crippen molar-refractivity contribution in [1.29, 1.82) is 5.26 Å². The zero-order valence-corrected chi connectivity index (χ0v) is 17.5. The van der Waals surface area contributed by atoms with Gasteiger partial charge in [-0.3, -0.25) is 0 Å². The van der Waals surface area contributed by atoms with Gasteiger partial charge in [0.1, 0.15) is 5.75 Å². The van der Waals surface area contributed by atoms with E-state index in [9.17, 15) is 0 Å². The SMILES string of the molecule is COc1ccc(C(C)(C)C#CC#N)cc1CN[C@H]1CCCN[C@H]1c1ccccc1. The zero-order valence-electron chi connectivity index (χ0n) is 17.5. The van der Waals surface area contributed by atoms with Gasteiger partial charge in [-0.2, -0.15) is 5.26 Å². The number of piperidine rings is 1. The fraction of sp³-hybridized carbons (Fsp3) is 0.400. The first-order valence-corrected chi connectivity index (χ1v) is 10.2. The molecular weight excluding hydrogens is 358 g/mol. The predicted octanol–water partition coefficient (Wildman–Crippen LogP) is 4.08. The Balaban J connectivity index is 1.80. The highest BCUT2D eigenvalue weighted by molar-refractivity contribution is 5.44. The maximum Gasteiger partial charge on any atom is 0.152 e. The number of nitrogens with zero attached hydrogens (tertiary/aromatic N) is 1. The Morgan fingerprint density at radius 1 is 1.21 bits per heavy atom. The van der Waals surface area contributed by atoms with Crippen LogP contribution in [0.5, 0.6) is 5.75 Å². The molecular formula is C25H29N3O. The fourth-order valence-corrected chi connectivity index (χ4v) is 3.92. The number of hydrogen-bond acceptors (Lipinski definition) is 4. The number of nitrogens with one attached hydrogen (secondary N) is 2. The summed E-state index contributed by atoms with van der Waals surface area (Å²) in [6, 6.07) is 19.4. The van der Waals surface area contributed by atoms with Gasteiger partial charge in [0.2, 0.25) is 0 Å². The lowest BCUT2D eigenvalue weighted by Crippen LogP contribution is -2.45. The third-order valence-corrected chi connectivity index (χ3v) is 5.60. The van der Waals surface area contributed by atoms with Gasteiger partial charge >= 0.3 is 0 Å². The van der Waals surface area contributed by atoms with Crippen molar-refractivity contribution in [3.63, 3.8) is 0 Å². The molecule has 1 aliphatic rings. The second-order valence-corrected chi connectivity index (χ2v) is 7.99. The third-order valence-electron chi connectivity index (χ3n) is 5.60. The van der Waals surface area contributed by atoms with Crippen LogP contribution in [0.4, 0.5) is 0 Å². The molecule has 150 valence electrons. The average molecular weight is 388 g/mol. The Bertz CT molecular complexity index is 919. The molecule has 0 aromatic heterocycles. The summed E-state index contributed by atoms with van der Waals surface area (Å²) in [5.74, 6) is 6.45. The van der Waals surface area contributed by atoms with E-state index in [1.165, 1.54) is 5.56 Å². The van der Waals surface area contributed by atoms with Gasteiger partial charge < -0.3 is 15.4 Å². The van der Waals surface area contributed by atoms with Crippen molar-refractivity contribution >= 4 is 0 Å². The van der Waals surface area contributed by atoms with E-state index in [1.807, 2.05) is 32.0 Å². The average Bonchev–Trinajstić information content (AvgIpc) is 2.77. The Morgan fingerprint density at radius 2 is 2.00 bits per heavy atom. The number of rotatable bonds is 6. The van der Waals surface area contributed by atoms with Crippen LogP contribution in [-0.2, 0) is 12.0 Å². The van der Waals surface area contributed by atoms with Crippen molar-refractivity contribution in [3.8, 4) is 23.7 Å². The molecule has 1 fully saturated rings. The smallest absolute Gasteiger partial charge is 0.152 e.